The highest BCUT2D eigenvalue weighted by Crippen LogP contribution is 2.28. The van der Waals surface area contributed by atoms with Crippen LogP contribution in [0, 0.1) is 0 Å². The van der Waals surface area contributed by atoms with Crippen LogP contribution in [0.2, 0.25) is 0 Å². The summed E-state index contributed by atoms with van der Waals surface area (Å²) >= 11 is 0. The van der Waals surface area contributed by atoms with Gasteiger partial charge in [0.05, 0.1) is 21.7 Å². The molecule has 1 aromatic carbocycles. The van der Waals surface area contributed by atoms with Gasteiger partial charge in [0.2, 0.25) is 15.9 Å². The number of carboxylic acids is 1. The third-order valence-electron chi connectivity index (χ3n) is 3.70. The number of anilines is 2. The second-order valence-corrected chi connectivity index (χ2v) is 9.07. The van der Waals surface area contributed by atoms with Crippen LogP contribution in [0.5, 0.6) is 0 Å². The minimum Gasteiger partial charge on any atom is -0.478 e. The van der Waals surface area contributed by atoms with Crippen LogP contribution in [-0.2, 0) is 14.8 Å². The summed E-state index contributed by atoms with van der Waals surface area (Å²) in [6, 6.07) is 3.70. The quantitative estimate of drug-likeness (QED) is 0.629. The van der Waals surface area contributed by atoms with Gasteiger partial charge < -0.3 is 15.7 Å². The summed E-state index contributed by atoms with van der Waals surface area (Å²) in [7, 11) is -3.48. The Morgan fingerprint density at radius 3 is 2.54 bits per heavy atom. The number of carbonyl (C=O) groups is 2. The van der Waals surface area contributed by atoms with Crippen LogP contribution in [-0.4, -0.2) is 42.7 Å². The molecule has 8 nitrogen and oxygen atoms in total. The molecule has 2 rings (SSSR count). The van der Waals surface area contributed by atoms with E-state index in [2.05, 4.69) is 15.4 Å². The largest absolute Gasteiger partial charge is 0.478 e. The highest BCUT2D eigenvalue weighted by atomic mass is 32.2. The third-order valence-corrected chi connectivity index (χ3v) is 5.90. The van der Waals surface area contributed by atoms with Crippen LogP contribution in [0.3, 0.4) is 0 Å². The van der Waals surface area contributed by atoms with E-state index in [9.17, 15) is 18.0 Å². The first kappa shape index (κ1) is 18.2. The van der Waals surface area contributed by atoms with E-state index in [1.54, 1.807) is 20.8 Å². The summed E-state index contributed by atoms with van der Waals surface area (Å²) in [5.74, 6) is -1.36. The minimum atomic E-state index is -3.48. The minimum absolute atomic E-state index is 0.0959. The Morgan fingerprint density at radius 2 is 1.96 bits per heavy atom. The van der Waals surface area contributed by atoms with Crippen LogP contribution < -0.4 is 15.4 Å². The number of amides is 1. The fraction of sp³-hybridized carbons (Fsp3) is 0.467. The fourth-order valence-electron chi connectivity index (χ4n) is 2.14. The van der Waals surface area contributed by atoms with Crippen molar-refractivity contribution in [3.8, 4) is 0 Å². The highest BCUT2D eigenvalue weighted by molar-refractivity contribution is 7.90. The van der Waals surface area contributed by atoms with Crippen molar-refractivity contribution in [1.82, 2.24) is 4.72 Å². The summed E-state index contributed by atoms with van der Waals surface area (Å²) in [5, 5.41) is 14.7. The standard InChI is InChI=1S/C15H21N3O5S/c1-15(2,3)24(22,23)16-7-6-11-13(19)18-10-5-4-9(14(20)21)8-12(10)17-11/h4-5,8,11,16-17H,6-7H2,1-3H3,(H,18,19)(H,20,21). The molecule has 1 aliphatic rings. The lowest BCUT2D eigenvalue weighted by Gasteiger charge is -2.27. The van der Waals surface area contributed by atoms with E-state index in [0.717, 1.165) is 0 Å². The van der Waals surface area contributed by atoms with Crippen LogP contribution >= 0.6 is 0 Å². The van der Waals surface area contributed by atoms with E-state index in [1.807, 2.05) is 0 Å². The molecule has 1 heterocycles. The maximum absolute atomic E-state index is 12.1. The van der Waals surface area contributed by atoms with E-state index in [1.165, 1.54) is 18.2 Å². The van der Waals surface area contributed by atoms with E-state index in [4.69, 9.17) is 5.11 Å². The molecule has 0 saturated heterocycles. The molecule has 0 spiro atoms. The third kappa shape index (κ3) is 3.85. The van der Waals surface area contributed by atoms with Crippen molar-refractivity contribution in [2.45, 2.75) is 38.0 Å². The molecule has 0 aromatic heterocycles. The zero-order valence-corrected chi connectivity index (χ0v) is 14.5. The van der Waals surface area contributed by atoms with Crippen molar-refractivity contribution in [3.05, 3.63) is 23.8 Å². The molecule has 0 fully saturated rings. The molecule has 1 unspecified atom stereocenters. The number of sulfonamides is 1. The predicted molar refractivity (Wildman–Crippen MR) is 90.7 cm³/mol. The number of carbonyl (C=O) groups excluding carboxylic acids is 1. The Balaban J connectivity index is 2.05. The molecule has 0 aliphatic carbocycles. The number of fused-ring (bicyclic) bond motifs is 1. The van der Waals surface area contributed by atoms with Gasteiger partial charge in [0.25, 0.3) is 0 Å². The number of carboxylic acid groups (broad SMARTS) is 1. The SMILES string of the molecule is CC(C)(C)S(=O)(=O)NCCC1Nc2cc(C(=O)O)ccc2NC1=O. The van der Waals surface area contributed by atoms with Gasteiger partial charge in [-0.15, -0.1) is 0 Å². The van der Waals surface area contributed by atoms with E-state index in [-0.39, 0.29) is 24.4 Å². The molecule has 0 bridgehead atoms. The first-order valence-electron chi connectivity index (χ1n) is 7.45. The van der Waals surface area contributed by atoms with Gasteiger partial charge in [-0.05, 0) is 45.4 Å². The van der Waals surface area contributed by atoms with Gasteiger partial charge in [0.15, 0.2) is 0 Å². The van der Waals surface area contributed by atoms with E-state index >= 15 is 0 Å². The summed E-state index contributed by atoms with van der Waals surface area (Å²) in [6.07, 6.45) is 0.234. The average Bonchev–Trinajstić information content (AvgIpc) is 2.45. The van der Waals surface area contributed by atoms with Crippen LogP contribution in [0.4, 0.5) is 11.4 Å². The van der Waals surface area contributed by atoms with Crippen molar-refractivity contribution in [3.63, 3.8) is 0 Å². The number of aromatic carboxylic acids is 1. The Bertz CT molecular complexity index is 768. The van der Waals surface area contributed by atoms with Crippen LogP contribution in [0.1, 0.15) is 37.6 Å². The van der Waals surface area contributed by atoms with Crippen molar-refractivity contribution in [2.24, 2.45) is 0 Å². The van der Waals surface area contributed by atoms with Gasteiger partial charge in [-0.25, -0.2) is 17.9 Å². The van der Waals surface area contributed by atoms with Gasteiger partial charge in [0.1, 0.15) is 6.04 Å². The monoisotopic (exact) mass is 355 g/mol. The normalized spacial score (nSPS) is 17.6. The maximum Gasteiger partial charge on any atom is 0.335 e. The summed E-state index contributed by atoms with van der Waals surface area (Å²) < 4.78 is 25.5. The Labute approximate surface area is 140 Å². The molecule has 0 saturated carbocycles. The Morgan fingerprint density at radius 1 is 1.29 bits per heavy atom. The first-order chi connectivity index (χ1) is 11.0. The molecular formula is C15H21N3O5S. The molecule has 1 aliphatic heterocycles. The summed E-state index contributed by atoms with van der Waals surface area (Å²) in [4.78, 5) is 23.1. The number of hydrogen-bond donors (Lipinski definition) is 4. The highest BCUT2D eigenvalue weighted by Gasteiger charge is 2.30. The van der Waals surface area contributed by atoms with Gasteiger partial charge in [0, 0.05) is 6.54 Å². The average molecular weight is 355 g/mol. The zero-order chi connectivity index (χ0) is 18.1. The molecule has 1 aromatic rings. The number of nitrogens with one attached hydrogen (secondary N) is 3. The van der Waals surface area contributed by atoms with Gasteiger partial charge in [-0.1, -0.05) is 0 Å². The lowest BCUT2D eigenvalue weighted by atomic mass is 10.1. The van der Waals surface area contributed by atoms with Gasteiger partial charge in [-0.3, -0.25) is 4.79 Å². The molecule has 24 heavy (non-hydrogen) atoms. The van der Waals surface area contributed by atoms with Gasteiger partial charge in [-0.2, -0.15) is 0 Å². The van der Waals surface area contributed by atoms with Crippen molar-refractivity contribution >= 4 is 33.3 Å². The number of hydrogen-bond acceptors (Lipinski definition) is 5. The smallest absolute Gasteiger partial charge is 0.335 e. The van der Waals surface area contributed by atoms with Gasteiger partial charge >= 0.3 is 5.97 Å². The second-order valence-electron chi connectivity index (χ2n) is 6.55. The summed E-state index contributed by atoms with van der Waals surface area (Å²) in [5.41, 5.74) is 1.10. The lowest BCUT2D eigenvalue weighted by Crippen LogP contribution is -2.44. The number of rotatable bonds is 5. The predicted octanol–water partition coefficient (Wildman–Crippen LogP) is 1.23. The summed E-state index contributed by atoms with van der Waals surface area (Å²) in [6.45, 7) is 4.86. The van der Waals surface area contributed by atoms with Crippen molar-refractivity contribution < 1.29 is 23.1 Å². The van der Waals surface area contributed by atoms with Crippen LogP contribution in [0.15, 0.2) is 18.2 Å². The molecule has 0 radical (unpaired) electrons. The zero-order valence-electron chi connectivity index (χ0n) is 13.7. The Kier molecular flexibility index (Phi) is 4.86. The van der Waals surface area contributed by atoms with Crippen molar-refractivity contribution in [1.29, 1.82) is 0 Å². The number of benzene rings is 1. The fourth-order valence-corrected chi connectivity index (χ4v) is 2.96. The molecule has 4 N–H and O–H groups in total. The molecule has 1 atom stereocenters. The molecule has 132 valence electrons. The molecule has 1 amide bonds. The molecule has 9 heteroatoms. The molecular weight excluding hydrogens is 334 g/mol. The van der Waals surface area contributed by atoms with E-state index < -0.39 is 26.8 Å². The Hall–Kier alpha value is -2.13. The lowest BCUT2D eigenvalue weighted by molar-refractivity contribution is -0.117. The maximum atomic E-state index is 12.1. The second kappa shape index (κ2) is 6.40. The van der Waals surface area contributed by atoms with E-state index in [0.29, 0.717) is 11.4 Å². The topological polar surface area (TPSA) is 125 Å². The first-order valence-corrected chi connectivity index (χ1v) is 8.93. The van der Waals surface area contributed by atoms with Crippen LogP contribution in [0.25, 0.3) is 0 Å². The van der Waals surface area contributed by atoms with Crippen molar-refractivity contribution in [2.75, 3.05) is 17.2 Å².